The number of rotatable bonds is 3. The third kappa shape index (κ3) is 3.74. The molecule has 1 aromatic carbocycles. The Bertz CT molecular complexity index is 603. The largest absolute Gasteiger partial charge is 0.507 e. The zero-order valence-electron chi connectivity index (χ0n) is 9.86. The summed E-state index contributed by atoms with van der Waals surface area (Å²) in [4.78, 5) is 7.58. The van der Waals surface area contributed by atoms with Crippen LogP contribution in [0.2, 0.25) is 5.02 Å². The highest BCUT2D eigenvalue weighted by Crippen LogP contribution is 2.30. The summed E-state index contributed by atoms with van der Waals surface area (Å²) in [5, 5.41) is 10.0. The number of hydrogen-bond donors (Lipinski definition) is 1. The van der Waals surface area contributed by atoms with E-state index in [2.05, 4.69) is 14.7 Å². The van der Waals surface area contributed by atoms with E-state index < -0.39 is 12.8 Å². The Kier molecular flexibility index (Phi) is 3.99. The molecular weight excluding hydrogens is 297 g/mol. The molecule has 4 nitrogen and oxygen atoms in total. The van der Waals surface area contributed by atoms with Gasteiger partial charge in [0.2, 0.25) is 5.88 Å². The topological polar surface area (TPSA) is 55.2 Å². The first-order valence-electron chi connectivity index (χ1n) is 5.35. The fourth-order valence-corrected chi connectivity index (χ4v) is 1.57. The van der Waals surface area contributed by atoms with E-state index in [-0.39, 0.29) is 11.6 Å². The summed E-state index contributed by atoms with van der Waals surface area (Å²) < 4.78 is 40.3. The van der Waals surface area contributed by atoms with Crippen molar-refractivity contribution in [3.05, 3.63) is 35.6 Å². The molecule has 0 unspecified atom stereocenters. The van der Waals surface area contributed by atoms with E-state index >= 15 is 0 Å². The Morgan fingerprint density at radius 2 is 1.95 bits per heavy atom. The molecule has 0 aliphatic rings. The number of phenolic OH excluding ortho intramolecular Hbond substituents is 1. The zero-order valence-corrected chi connectivity index (χ0v) is 10.6. The molecule has 1 N–H and O–H groups in total. The van der Waals surface area contributed by atoms with Crippen LogP contribution in [0.1, 0.15) is 0 Å². The Hall–Kier alpha value is -2.02. The Labute approximate surface area is 116 Å². The Morgan fingerprint density at radius 3 is 2.50 bits per heavy atom. The number of phenols is 1. The monoisotopic (exact) mass is 304 g/mol. The molecule has 106 valence electrons. The van der Waals surface area contributed by atoms with Crippen LogP contribution >= 0.6 is 11.6 Å². The van der Waals surface area contributed by atoms with E-state index in [1.165, 1.54) is 18.3 Å². The molecule has 0 radical (unpaired) electrons. The lowest BCUT2D eigenvalue weighted by molar-refractivity contribution is -0.154. The first kappa shape index (κ1) is 14.4. The lowest BCUT2D eigenvalue weighted by atomic mass is 10.1. The van der Waals surface area contributed by atoms with Crippen LogP contribution in [0.15, 0.2) is 30.6 Å². The highest BCUT2D eigenvalue weighted by Gasteiger charge is 2.28. The Balaban J connectivity index is 2.15. The Morgan fingerprint density at radius 1 is 1.20 bits per heavy atom. The van der Waals surface area contributed by atoms with Gasteiger partial charge in [0, 0.05) is 10.6 Å². The molecule has 0 amide bonds. The first-order chi connectivity index (χ1) is 9.35. The maximum absolute atomic E-state index is 12.0. The molecule has 0 bridgehead atoms. The van der Waals surface area contributed by atoms with E-state index in [9.17, 15) is 18.3 Å². The van der Waals surface area contributed by atoms with Crippen molar-refractivity contribution in [1.29, 1.82) is 0 Å². The summed E-state index contributed by atoms with van der Waals surface area (Å²) in [6, 6.07) is 4.40. The van der Waals surface area contributed by atoms with E-state index in [0.29, 0.717) is 16.3 Å². The maximum atomic E-state index is 12.0. The smallest absolute Gasteiger partial charge is 0.422 e. The van der Waals surface area contributed by atoms with E-state index in [4.69, 9.17) is 11.6 Å². The minimum absolute atomic E-state index is 0.101. The molecule has 2 rings (SSSR count). The first-order valence-corrected chi connectivity index (χ1v) is 5.73. The minimum atomic E-state index is -4.44. The second kappa shape index (κ2) is 5.54. The number of hydrogen-bond acceptors (Lipinski definition) is 4. The van der Waals surface area contributed by atoms with E-state index in [0.717, 1.165) is 6.20 Å². The van der Waals surface area contributed by atoms with Gasteiger partial charge in [0.05, 0.1) is 18.1 Å². The summed E-state index contributed by atoms with van der Waals surface area (Å²) in [7, 11) is 0. The molecule has 1 heterocycles. The van der Waals surface area contributed by atoms with Crippen LogP contribution in [0.3, 0.4) is 0 Å². The second-order valence-electron chi connectivity index (χ2n) is 3.81. The maximum Gasteiger partial charge on any atom is 0.422 e. The number of alkyl halides is 3. The molecule has 1 aromatic heterocycles. The lowest BCUT2D eigenvalue weighted by Crippen LogP contribution is -2.19. The van der Waals surface area contributed by atoms with Gasteiger partial charge in [0.15, 0.2) is 6.61 Å². The minimum Gasteiger partial charge on any atom is -0.507 e. The third-order valence-corrected chi connectivity index (χ3v) is 2.48. The molecular formula is C12H8ClF3N2O2. The van der Waals surface area contributed by atoms with Crippen LogP contribution < -0.4 is 4.74 Å². The van der Waals surface area contributed by atoms with Gasteiger partial charge in [-0.1, -0.05) is 11.6 Å². The second-order valence-corrected chi connectivity index (χ2v) is 4.24. The number of ether oxygens (including phenoxy) is 1. The van der Waals surface area contributed by atoms with Crippen LogP contribution in [0.25, 0.3) is 11.3 Å². The molecule has 0 aliphatic heterocycles. The molecule has 8 heteroatoms. The van der Waals surface area contributed by atoms with Crippen LogP contribution in [-0.2, 0) is 0 Å². The number of nitrogens with zero attached hydrogens (tertiary/aromatic N) is 2. The number of benzene rings is 1. The van der Waals surface area contributed by atoms with Gasteiger partial charge in [-0.25, -0.2) is 9.97 Å². The average Bonchev–Trinajstić information content (AvgIpc) is 2.36. The normalized spacial score (nSPS) is 11.4. The molecule has 0 saturated carbocycles. The fraction of sp³-hybridized carbons (Fsp3) is 0.167. The highest BCUT2D eigenvalue weighted by molar-refractivity contribution is 6.30. The third-order valence-electron chi connectivity index (χ3n) is 2.25. The van der Waals surface area contributed by atoms with Gasteiger partial charge in [-0.3, -0.25) is 0 Å². The van der Waals surface area contributed by atoms with Crippen molar-refractivity contribution >= 4 is 11.6 Å². The van der Waals surface area contributed by atoms with E-state index in [1.807, 2.05) is 0 Å². The molecule has 0 atom stereocenters. The zero-order chi connectivity index (χ0) is 14.8. The molecule has 0 aliphatic carbocycles. The number of aromatic hydroxyl groups is 1. The quantitative estimate of drug-likeness (QED) is 0.943. The van der Waals surface area contributed by atoms with Gasteiger partial charge >= 0.3 is 6.18 Å². The van der Waals surface area contributed by atoms with Crippen molar-refractivity contribution in [2.45, 2.75) is 6.18 Å². The van der Waals surface area contributed by atoms with Crippen LogP contribution in [0.4, 0.5) is 13.2 Å². The van der Waals surface area contributed by atoms with E-state index in [1.54, 1.807) is 6.07 Å². The van der Waals surface area contributed by atoms with Crippen molar-refractivity contribution in [3.8, 4) is 22.9 Å². The predicted molar refractivity (Wildman–Crippen MR) is 65.7 cm³/mol. The van der Waals surface area contributed by atoms with Gasteiger partial charge < -0.3 is 9.84 Å². The summed E-state index contributed by atoms with van der Waals surface area (Å²) in [5.74, 6) is -0.352. The van der Waals surface area contributed by atoms with Crippen molar-refractivity contribution < 1.29 is 23.0 Å². The van der Waals surface area contributed by atoms with Crippen LogP contribution in [0.5, 0.6) is 11.6 Å². The van der Waals surface area contributed by atoms with Crippen molar-refractivity contribution in [1.82, 2.24) is 9.97 Å². The van der Waals surface area contributed by atoms with Gasteiger partial charge in [0.25, 0.3) is 0 Å². The SMILES string of the molecule is Oc1cc(Cl)ccc1-c1cnc(OCC(F)(F)F)cn1. The summed E-state index contributed by atoms with van der Waals surface area (Å²) in [6.45, 7) is -1.44. The molecule has 0 fully saturated rings. The fourth-order valence-electron chi connectivity index (χ4n) is 1.41. The van der Waals surface area contributed by atoms with Gasteiger partial charge in [-0.15, -0.1) is 0 Å². The van der Waals surface area contributed by atoms with Gasteiger partial charge in [0.1, 0.15) is 5.75 Å². The molecule has 0 saturated heterocycles. The predicted octanol–water partition coefficient (Wildman–Crippen LogP) is 3.44. The van der Waals surface area contributed by atoms with Gasteiger partial charge in [-0.2, -0.15) is 13.2 Å². The number of halogens is 4. The summed E-state index contributed by atoms with van der Waals surface area (Å²) in [6.07, 6.45) is -2.18. The molecule has 2 aromatic rings. The van der Waals surface area contributed by atoms with Crippen molar-refractivity contribution in [2.24, 2.45) is 0 Å². The van der Waals surface area contributed by atoms with Crippen molar-refractivity contribution in [2.75, 3.05) is 6.61 Å². The van der Waals surface area contributed by atoms with Gasteiger partial charge in [-0.05, 0) is 18.2 Å². The molecule has 20 heavy (non-hydrogen) atoms. The van der Waals surface area contributed by atoms with Crippen LogP contribution in [-0.4, -0.2) is 27.9 Å². The van der Waals surface area contributed by atoms with Crippen molar-refractivity contribution in [3.63, 3.8) is 0 Å². The molecule has 0 spiro atoms. The summed E-state index contributed by atoms with van der Waals surface area (Å²) >= 11 is 5.69. The lowest BCUT2D eigenvalue weighted by Gasteiger charge is -2.08. The number of aromatic nitrogens is 2. The summed E-state index contributed by atoms with van der Waals surface area (Å²) in [5.41, 5.74) is 0.655. The average molecular weight is 305 g/mol. The standard InChI is InChI=1S/C12H8ClF3N2O2/c13-7-1-2-8(10(19)3-7)9-4-18-11(5-17-9)20-6-12(14,15)16/h1-5,19H,6H2. The highest BCUT2D eigenvalue weighted by atomic mass is 35.5. The van der Waals surface area contributed by atoms with Crippen LogP contribution in [0, 0.1) is 0 Å².